The number of hydrogen-bond acceptors (Lipinski definition) is 5. The number of H-pyrrole nitrogens is 1. The number of nitrogens with zero attached hydrogens (tertiary/aromatic N) is 4. The molecule has 2 aromatic heterocycles. The van der Waals surface area contributed by atoms with Crippen molar-refractivity contribution in [1.29, 1.82) is 0 Å². The first-order valence-corrected chi connectivity index (χ1v) is 7.77. The summed E-state index contributed by atoms with van der Waals surface area (Å²) in [6, 6.07) is 5.55. The van der Waals surface area contributed by atoms with Gasteiger partial charge in [0.1, 0.15) is 5.69 Å². The average molecular weight is 311 g/mol. The van der Waals surface area contributed by atoms with E-state index in [1.807, 2.05) is 6.07 Å². The third kappa shape index (κ3) is 2.48. The minimum absolute atomic E-state index is 0.178. The molecule has 0 unspecified atom stereocenters. The van der Waals surface area contributed by atoms with Gasteiger partial charge in [-0.1, -0.05) is 0 Å². The van der Waals surface area contributed by atoms with E-state index in [0.29, 0.717) is 19.1 Å². The van der Waals surface area contributed by atoms with Crippen LogP contribution < -0.4 is 10.5 Å². The zero-order chi connectivity index (χ0) is 15.8. The summed E-state index contributed by atoms with van der Waals surface area (Å²) >= 11 is 0. The van der Waals surface area contributed by atoms with Crippen LogP contribution in [0, 0.1) is 0 Å². The topological polar surface area (TPSA) is 82.2 Å². The van der Waals surface area contributed by atoms with Crippen molar-refractivity contribution in [2.24, 2.45) is 0 Å². The summed E-state index contributed by atoms with van der Waals surface area (Å²) in [7, 11) is 0. The Morgan fingerprint density at radius 1 is 1.35 bits per heavy atom. The molecule has 2 aromatic rings. The number of carbonyl (C=O) groups excluding carboxylic acids is 1. The average Bonchev–Trinajstić information content (AvgIpc) is 2.96. The third-order valence-electron chi connectivity index (χ3n) is 4.51. The largest absolute Gasteiger partial charge is 0.365 e. The van der Waals surface area contributed by atoms with Gasteiger partial charge in [0.2, 0.25) is 0 Å². The summed E-state index contributed by atoms with van der Waals surface area (Å²) in [4.78, 5) is 39.2. The van der Waals surface area contributed by atoms with Crippen molar-refractivity contribution in [1.82, 2.24) is 19.9 Å². The van der Waals surface area contributed by atoms with Crippen LogP contribution in [0.5, 0.6) is 0 Å². The minimum Gasteiger partial charge on any atom is -0.365 e. The molecule has 23 heavy (non-hydrogen) atoms. The highest BCUT2D eigenvalue weighted by Crippen LogP contribution is 2.32. The normalized spacial score (nSPS) is 19.9. The van der Waals surface area contributed by atoms with Gasteiger partial charge in [0.25, 0.3) is 11.5 Å². The molecule has 7 heteroatoms. The minimum atomic E-state index is -0.320. The van der Waals surface area contributed by atoms with Gasteiger partial charge in [0.15, 0.2) is 0 Å². The number of aromatic amines is 1. The van der Waals surface area contributed by atoms with E-state index >= 15 is 0 Å². The van der Waals surface area contributed by atoms with Gasteiger partial charge >= 0.3 is 0 Å². The van der Waals surface area contributed by atoms with Gasteiger partial charge in [-0.3, -0.25) is 14.6 Å². The number of aromatic nitrogens is 3. The first-order valence-electron chi connectivity index (χ1n) is 7.77. The maximum Gasteiger partial charge on any atom is 0.273 e. The number of fused-ring (bicyclic) bond motifs is 3. The highest BCUT2D eigenvalue weighted by molar-refractivity contribution is 5.92. The Morgan fingerprint density at radius 3 is 3.13 bits per heavy atom. The Labute approximate surface area is 133 Å². The van der Waals surface area contributed by atoms with Crippen LogP contribution in [0.2, 0.25) is 0 Å². The second-order valence-corrected chi connectivity index (χ2v) is 5.94. The highest BCUT2D eigenvalue weighted by atomic mass is 16.2. The van der Waals surface area contributed by atoms with Gasteiger partial charge in [-0.2, -0.15) is 0 Å². The first-order chi connectivity index (χ1) is 11.2. The molecule has 0 aromatic carbocycles. The van der Waals surface area contributed by atoms with Crippen molar-refractivity contribution in [3.8, 4) is 0 Å². The lowest BCUT2D eigenvalue weighted by Crippen LogP contribution is -2.40. The zero-order valence-electron chi connectivity index (χ0n) is 12.6. The summed E-state index contributed by atoms with van der Waals surface area (Å²) in [6.45, 7) is 2.06. The molecule has 1 atom stereocenters. The molecule has 1 amide bonds. The predicted molar refractivity (Wildman–Crippen MR) is 84.2 cm³/mol. The zero-order valence-corrected chi connectivity index (χ0v) is 12.6. The van der Waals surface area contributed by atoms with E-state index in [1.54, 1.807) is 11.1 Å². The lowest BCUT2D eigenvalue weighted by Gasteiger charge is -2.27. The van der Waals surface area contributed by atoms with E-state index in [4.69, 9.17) is 0 Å². The number of nitrogens with one attached hydrogen (secondary N) is 1. The molecule has 0 aliphatic carbocycles. The van der Waals surface area contributed by atoms with Crippen molar-refractivity contribution < 1.29 is 4.79 Å². The second-order valence-electron chi connectivity index (χ2n) is 5.94. The van der Waals surface area contributed by atoms with Crippen LogP contribution in [0.1, 0.15) is 29.0 Å². The van der Waals surface area contributed by atoms with E-state index in [2.05, 4.69) is 25.9 Å². The molecule has 4 rings (SSSR count). The summed E-state index contributed by atoms with van der Waals surface area (Å²) in [5.74, 6) is -0.221. The molecular formula is C16H17N5O2. The molecular weight excluding hydrogens is 294 g/mol. The number of carbonyl (C=O) groups is 1. The molecule has 1 fully saturated rings. The molecule has 2 aliphatic heterocycles. The lowest BCUT2D eigenvalue weighted by atomic mass is 10.2. The highest BCUT2D eigenvalue weighted by Gasteiger charge is 2.34. The number of anilines is 1. The SMILES string of the molecule is O=C(c1cc(=O)[nH]cn1)N1Cc2ncccc2N2CCC[C@H]2C1. The van der Waals surface area contributed by atoms with Crippen LogP contribution in [0.4, 0.5) is 5.69 Å². The van der Waals surface area contributed by atoms with E-state index in [9.17, 15) is 9.59 Å². The van der Waals surface area contributed by atoms with Gasteiger partial charge in [-0.15, -0.1) is 0 Å². The maximum atomic E-state index is 12.8. The Morgan fingerprint density at radius 2 is 2.26 bits per heavy atom. The Kier molecular flexibility index (Phi) is 3.33. The van der Waals surface area contributed by atoms with Crippen molar-refractivity contribution in [3.05, 3.63) is 52.5 Å². The molecule has 2 aliphatic rings. The fourth-order valence-electron chi connectivity index (χ4n) is 3.46. The van der Waals surface area contributed by atoms with Crippen LogP contribution in [-0.4, -0.2) is 44.9 Å². The van der Waals surface area contributed by atoms with Crippen molar-refractivity contribution in [3.63, 3.8) is 0 Å². The van der Waals surface area contributed by atoms with Crippen molar-refractivity contribution in [2.75, 3.05) is 18.0 Å². The van der Waals surface area contributed by atoms with E-state index < -0.39 is 0 Å². The summed E-state index contributed by atoms with van der Waals surface area (Å²) < 4.78 is 0. The third-order valence-corrected chi connectivity index (χ3v) is 4.51. The number of amides is 1. The molecule has 1 saturated heterocycles. The quantitative estimate of drug-likeness (QED) is 0.842. The molecule has 0 radical (unpaired) electrons. The van der Waals surface area contributed by atoms with Crippen molar-refractivity contribution >= 4 is 11.6 Å². The lowest BCUT2D eigenvalue weighted by molar-refractivity contribution is 0.0730. The van der Waals surface area contributed by atoms with E-state index in [0.717, 1.165) is 30.8 Å². The molecule has 7 nitrogen and oxygen atoms in total. The maximum absolute atomic E-state index is 12.8. The Bertz CT molecular complexity index is 803. The molecule has 4 heterocycles. The van der Waals surface area contributed by atoms with Gasteiger partial charge < -0.3 is 14.8 Å². The van der Waals surface area contributed by atoms with Crippen LogP contribution in [0.25, 0.3) is 0 Å². The molecule has 118 valence electrons. The van der Waals surface area contributed by atoms with Crippen LogP contribution in [0.3, 0.4) is 0 Å². The van der Waals surface area contributed by atoms with Crippen molar-refractivity contribution in [2.45, 2.75) is 25.4 Å². The Hall–Kier alpha value is -2.70. The fourth-order valence-corrected chi connectivity index (χ4v) is 3.46. The molecule has 0 spiro atoms. The second kappa shape index (κ2) is 5.49. The molecule has 0 bridgehead atoms. The van der Waals surface area contributed by atoms with Crippen LogP contribution in [0.15, 0.2) is 35.5 Å². The van der Waals surface area contributed by atoms with E-state index in [-0.39, 0.29) is 17.2 Å². The van der Waals surface area contributed by atoms with Gasteiger partial charge in [-0.05, 0) is 25.0 Å². The predicted octanol–water partition coefficient (Wildman–Crippen LogP) is 0.790. The molecule has 1 N–H and O–H groups in total. The van der Waals surface area contributed by atoms with Crippen LogP contribution >= 0.6 is 0 Å². The van der Waals surface area contributed by atoms with Gasteiger partial charge in [0, 0.05) is 31.4 Å². The monoisotopic (exact) mass is 311 g/mol. The Balaban J connectivity index is 1.70. The molecule has 0 saturated carbocycles. The van der Waals surface area contributed by atoms with Gasteiger partial charge in [-0.25, -0.2) is 4.98 Å². The number of hydrogen-bond donors (Lipinski definition) is 1. The smallest absolute Gasteiger partial charge is 0.273 e. The van der Waals surface area contributed by atoms with Gasteiger partial charge in [0.05, 0.1) is 24.3 Å². The standard InChI is InChI=1S/C16H17N5O2/c22-15-7-12(18-10-19-15)16(23)20-8-11-3-2-6-21(11)14-4-1-5-17-13(14)9-20/h1,4-5,7,10-11H,2-3,6,8-9H2,(H,18,19,22)/t11-/m0/s1. The fraction of sp³-hybridized carbons (Fsp3) is 0.375. The summed E-state index contributed by atoms with van der Waals surface area (Å²) in [5.41, 5.74) is 1.87. The summed E-state index contributed by atoms with van der Waals surface area (Å²) in [6.07, 6.45) is 5.19. The summed E-state index contributed by atoms with van der Waals surface area (Å²) in [5, 5.41) is 0. The number of pyridine rings is 1. The van der Waals surface area contributed by atoms with E-state index in [1.165, 1.54) is 12.4 Å². The first kappa shape index (κ1) is 13.9. The number of rotatable bonds is 1. The van der Waals surface area contributed by atoms with Crippen LogP contribution in [-0.2, 0) is 6.54 Å².